The minimum Gasteiger partial charge on any atom is -0.313 e. The quantitative estimate of drug-likeness (QED) is 0.844. The fraction of sp³-hybridized carbons (Fsp3) is 0.400. The van der Waals surface area contributed by atoms with Gasteiger partial charge in [0, 0.05) is 23.9 Å². The number of nitrogens with one attached hydrogen (secondary N) is 2. The number of rotatable bonds is 5. The second-order valence-corrected chi connectivity index (χ2v) is 6.85. The van der Waals surface area contributed by atoms with Crippen LogP contribution in [0, 0.1) is 0 Å². The summed E-state index contributed by atoms with van der Waals surface area (Å²) in [6.45, 7) is 1.00. The van der Waals surface area contributed by atoms with E-state index in [0.29, 0.717) is 29.0 Å². The molecule has 1 saturated heterocycles. The summed E-state index contributed by atoms with van der Waals surface area (Å²) in [6, 6.07) is 7.95. The summed E-state index contributed by atoms with van der Waals surface area (Å²) >= 11 is 7.37. The van der Waals surface area contributed by atoms with Crippen LogP contribution in [0.1, 0.15) is 29.8 Å². The Bertz CT molecular complexity index is 658. The number of benzene rings is 1. The van der Waals surface area contributed by atoms with E-state index in [-0.39, 0.29) is 18.3 Å². The highest BCUT2D eigenvalue weighted by molar-refractivity contribution is 7.15. The molecule has 1 aromatic carbocycles. The molecule has 0 bridgehead atoms. The van der Waals surface area contributed by atoms with Crippen molar-refractivity contribution in [2.75, 3.05) is 11.9 Å². The molecular weight excluding hydrogens is 355 g/mol. The maximum atomic E-state index is 12.0. The van der Waals surface area contributed by atoms with E-state index in [4.69, 9.17) is 11.6 Å². The molecule has 1 atom stereocenters. The number of carbonyl (C=O) groups excluding carboxylic acids is 1. The molecule has 1 fully saturated rings. The van der Waals surface area contributed by atoms with Gasteiger partial charge in [-0.05, 0) is 37.1 Å². The maximum Gasteiger partial charge on any atom is 0.227 e. The van der Waals surface area contributed by atoms with Crippen LogP contribution in [0.2, 0.25) is 5.02 Å². The van der Waals surface area contributed by atoms with Gasteiger partial charge in [-0.1, -0.05) is 35.1 Å². The zero-order valence-corrected chi connectivity index (χ0v) is 14.8. The van der Waals surface area contributed by atoms with Crippen molar-refractivity contribution in [2.45, 2.75) is 31.7 Å². The molecule has 1 unspecified atom stereocenters. The SMILES string of the molecule is Cl.O=C(CC1CCCN1)Nc1nnc(Cc2cccc(Cl)c2)s1. The fourth-order valence-electron chi connectivity index (χ4n) is 2.52. The Morgan fingerprint density at radius 1 is 1.43 bits per heavy atom. The summed E-state index contributed by atoms with van der Waals surface area (Å²) in [7, 11) is 0. The first kappa shape index (κ1) is 18.1. The molecule has 1 amide bonds. The third-order valence-corrected chi connectivity index (χ3v) is 4.63. The van der Waals surface area contributed by atoms with Crippen molar-refractivity contribution in [1.29, 1.82) is 0 Å². The molecule has 3 rings (SSSR count). The molecule has 2 aromatic rings. The van der Waals surface area contributed by atoms with Gasteiger partial charge in [0.25, 0.3) is 0 Å². The number of hydrogen-bond donors (Lipinski definition) is 2. The van der Waals surface area contributed by atoms with Gasteiger partial charge in [0.2, 0.25) is 11.0 Å². The van der Waals surface area contributed by atoms with Crippen molar-refractivity contribution < 1.29 is 4.79 Å². The van der Waals surface area contributed by atoms with Crippen LogP contribution in [0.3, 0.4) is 0 Å². The van der Waals surface area contributed by atoms with E-state index in [1.165, 1.54) is 11.3 Å². The largest absolute Gasteiger partial charge is 0.313 e. The number of aromatic nitrogens is 2. The van der Waals surface area contributed by atoms with Crippen molar-refractivity contribution in [1.82, 2.24) is 15.5 Å². The maximum absolute atomic E-state index is 12.0. The lowest BCUT2D eigenvalue weighted by atomic mass is 10.1. The van der Waals surface area contributed by atoms with Crippen molar-refractivity contribution >= 4 is 46.4 Å². The van der Waals surface area contributed by atoms with Gasteiger partial charge in [-0.3, -0.25) is 4.79 Å². The number of anilines is 1. The van der Waals surface area contributed by atoms with E-state index < -0.39 is 0 Å². The molecule has 8 heteroatoms. The number of nitrogens with zero attached hydrogens (tertiary/aromatic N) is 2. The van der Waals surface area contributed by atoms with Gasteiger partial charge in [0.1, 0.15) is 5.01 Å². The van der Waals surface area contributed by atoms with Gasteiger partial charge in [-0.15, -0.1) is 22.6 Å². The Kier molecular flexibility index (Phi) is 6.77. The predicted octanol–water partition coefficient (Wildman–Crippen LogP) is 3.28. The zero-order valence-electron chi connectivity index (χ0n) is 12.4. The molecule has 1 aliphatic rings. The standard InChI is InChI=1S/C15H17ClN4OS.ClH/c16-11-4-1-3-10(7-11)8-14-19-20-15(22-14)18-13(21)9-12-5-2-6-17-12;/h1,3-4,7,12,17H,2,5-6,8-9H2,(H,18,20,21);1H. The van der Waals surface area contributed by atoms with Crippen LogP contribution in [0.15, 0.2) is 24.3 Å². The molecule has 23 heavy (non-hydrogen) atoms. The summed E-state index contributed by atoms with van der Waals surface area (Å²) in [4.78, 5) is 12.0. The summed E-state index contributed by atoms with van der Waals surface area (Å²) in [6.07, 6.45) is 3.35. The van der Waals surface area contributed by atoms with Crippen LogP contribution in [-0.2, 0) is 11.2 Å². The average molecular weight is 373 g/mol. The van der Waals surface area contributed by atoms with Crippen molar-refractivity contribution in [2.24, 2.45) is 0 Å². The molecule has 124 valence electrons. The van der Waals surface area contributed by atoms with E-state index in [2.05, 4.69) is 20.8 Å². The number of amides is 1. The summed E-state index contributed by atoms with van der Waals surface area (Å²) < 4.78 is 0. The van der Waals surface area contributed by atoms with E-state index in [0.717, 1.165) is 30.0 Å². The molecule has 2 N–H and O–H groups in total. The van der Waals surface area contributed by atoms with Crippen LogP contribution >= 0.6 is 35.3 Å². The Labute approximate surface area is 150 Å². The Hall–Kier alpha value is -1.21. The number of carbonyl (C=O) groups is 1. The van der Waals surface area contributed by atoms with E-state index in [1.54, 1.807) is 0 Å². The van der Waals surface area contributed by atoms with Crippen LogP contribution in [0.4, 0.5) is 5.13 Å². The van der Waals surface area contributed by atoms with E-state index in [1.807, 2.05) is 24.3 Å². The summed E-state index contributed by atoms with van der Waals surface area (Å²) in [5.74, 6) is -0.00939. The second-order valence-electron chi connectivity index (χ2n) is 5.35. The smallest absolute Gasteiger partial charge is 0.227 e. The summed E-state index contributed by atoms with van der Waals surface area (Å²) in [5, 5.41) is 16.4. The van der Waals surface area contributed by atoms with Gasteiger partial charge in [0.05, 0.1) is 0 Å². The van der Waals surface area contributed by atoms with Crippen LogP contribution < -0.4 is 10.6 Å². The lowest BCUT2D eigenvalue weighted by Crippen LogP contribution is -2.27. The normalized spacial score (nSPS) is 16.8. The van der Waals surface area contributed by atoms with Crippen molar-refractivity contribution in [3.63, 3.8) is 0 Å². The lowest BCUT2D eigenvalue weighted by Gasteiger charge is -2.08. The predicted molar refractivity (Wildman–Crippen MR) is 95.7 cm³/mol. The summed E-state index contributed by atoms with van der Waals surface area (Å²) in [5.41, 5.74) is 1.08. The van der Waals surface area contributed by atoms with Gasteiger partial charge >= 0.3 is 0 Å². The monoisotopic (exact) mass is 372 g/mol. The Balaban J connectivity index is 0.00000192. The molecule has 0 spiro atoms. The van der Waals surface area contributed by atoms with E-state index >= 15 is 0 Å². The molecular formula is C15H18Cl2N4OS. The molecule has 5 nitrogen and oxygen atoms in total. The molecule has 0 saturated carbocycles. The highest BCUT2D eigenvalue weighted by Gasteiger charge is 2.18. The van der Waals surface area contributed by atoms with E-state index in [9.17, 15) is 4.79 Å². The molecule has 1 aliphatic heterocycles. The van der Waals surface area contributed by atoms with Gasteiger partial charge in [0.15, 0.2) is 0 Å². The minimum atomic E-state index is -0.00939. The number of halogens is 2. The fourth-order valence-corrected chi connectivity index (χ4v) is 3.53. The van der Waals surface area contributed by atoms with Gasteiger partial charge in [-0.2, -0.15) is 0 Å². The Morgan fingerprint density at radius 3 is 3.04 bits per heavy atom. The van der Waals surface area contributed by atoms with Crippen LogP contribution in [0.5, 0.6) is 0 Å². The third kappa shape index (κ3) is 5.42. The van der Waals surface area contributed by atoms with Crippen LogP contribution in [-0.4, -0.2) is 28.7 Å². The van der Waals surface area contributed by atoms with Crippen LogP contribution in [0.25, 0.3) is 0 Å². The average Bonchev–Trinajstić information content (AvgIpc) is 3.11. The molecule has 2 heterocycles. The molecule has 0 radical (unpaired) electrons. The topological polar surface area (TPSA) is 66.9 Å². The molecule has 1 aromatic heterocycles. The Morgan fingerprint density at radius 2 is 2.30 bits per heavy atom. The number of hydrogen-bond acceptors (Lipinski definition) is 5. The second kappa shape index (κ2) is 8.59. The lowest BCUT2D eigenvalue weighted by molar-refractivity contribution is -0.116. The first-order valence-corrected chi connectivity index (χ1v) is 8.48. The van der Waals surface area contributed by atoms with Crippen molar-refractivity contribution in [3.8, 4) is 0 Å². The first-order valence-electron chi connectivity index (χ1n) is 7.29. The van der Waals surface area contributed by atoms with Gasteiger partial charge < -0.3 is 10.6 Å². The highest BCUT2D eigenvalue weighted by Crippen LogP contribution is 2.20. The van der Waals surface area contributed by atoms with Gasteiger partial charge in [-0.25, -0.2) is 0 Å². The molecule has 0 aliphatic carbocycles. The minimum absolute atomic E-state index is 0. The van der Waals surface area contributed by atoms with Crippen molar-refractivity contribution in [3.05, 3.63) is 39.9 Å². The zero-order chi connectivity index (χ0) is 15.4. The third-order valence-electron chi connectivity index (χ3n) is 3.55. The highest BCUT2D eigenvalue weighted by atomic mass is 35.5. The first-order chi connectivity index (χ1) is 10.7.